The molecule has 0 amide bonds. The van der Waals surface area contributed by atoms with Crippen LogP contribution < -0.4 is 16.2 Å². The topological polar surface area (TPSA) is 137 Å². The van der Waals surface area contributed by atoms with E-state index in [9.17, 15) is 9.59 Å². The van der Waals surface area contributed by atoms with Crippen molar-refractivity contribution in [2.24, 2.45) is 5.92 Å². The van der Waals surface area contributed by atoms with Gasteiger partial charge in [-0.2, -0.15) is 9.97 Å². The van der Waals surface area contributed by atoms with Crippen LogP contribution in [0.25, 0.3) is 33.5 Å². The van der Waals surface area contributed by atoms with Crippen molar-refractivity contribution in [3.05, 3.63) is 51.7 Å². The zero-order chi connectivity index (χ0) is 27.6. The number of anilines is 1. The summed E-state index contributed by atoms with van der Waals surface area (Å²) in [4.78, 5) is 40.6. The van der Waals surface area contributed by atoms with Crippen LogP contribution in [0.1, 0.15) is 31.6 Å². The van der Waals surface area contributed by atoms with E-state index in [4.69, 9.17) is 25.8 Å². The average molecular weight is 564 g/mol. The molecule has 2 N–H and O–H groups in total. The van der Waals surface area contributed by atoms with Gasteiger partial charge in [-0.25, -0.2) is 4.98 Å². The lowest BCUT2D eigenvalue weighted by Crippen LogP contribution is -2.30. The van der Waals surface area contributed by atoms with Crippen LogP contribution >= 0.6 is 11.6 Å². The number of nitrogens with zero attached hydrogens (tertiary/aromatic N) is 5. The third-order valence-electron chi connectivity index (χ3n) is 7.44. The van der Waals surface area contributed by atoms with E-state index in [0.29, 0.717) is 70.0 Å². The summed E-state index contributed by atoms with van der Waals surface area (Å²) >= 11 is 6.69. The van der Waals surface area contributed by atoms with Gasteiger partial charge < -0.3 is 19.9 Å². The number of halogens is 1. The highest BCUT2D eigenvalue weighted by atomic mass is 35.5. The SMILES string of the molecule is Cc1nc(-c2ccc(-c3cc4cnc(NC5CCOCC5)nc4n(CC(=O)CC4CCNC4)c3=O)c(Cl)c2)no1. The highest BCUT2D eigenvalue weighted by Gasteiger charge is 2.22. The minimum atomic E-state index is -0.342. The number of carbonyl (C=O) groups excluding carboxylic acids is 1. The third kappa shape index (κ3) is 5.63. The molecule has 1 unspecified atom stereocenters. The van der Waals surface area contributed by atoms with Gasteiger partial charge in [-0.15, -0.1) is 0 Å². The van der Waals surface area contributed by atoms with Gasteiger partial charge in [0, 0.05) is 65.9 Å². The second-order valence-electron chi connectivity index (χ2n) is 10.4. The predicted molar refractivity (Wildman–Crippen MR) is 150 cm³/mol. The second-order valence-corrected chi connectivity index (χ2v) is 10.8. The van der Waals surface area contributed by atoms with Crippen LogP contribution in [-0.2, 0) is 16.1 Å². The summed E-state index contributed by atoms with van der Waals surface area (Å²) in [7, 11) is 0. The zero-order valence-corrected chi connectivity index (χ0v) is 22.9. The van der Waals surface area contributed by atoms with Gasteiger partial charge in [-0.1, -0.05) is 28.9 Å². The van der Waals surface area contributed by atoms with E-state index < -0.39 is 0 Å². The number of fused-ring (bicyclic) bond motifs is 1. The Bertz CT molecular complexity index is 1610. The molecule has 2 aliphatic rings. The van der Waals surface area contributed by atoms with Gasteiger partial charge >= 0.3 is 0 Å². The standard InChI is InChI=1S/C28H30ClN7O4/c1-16-32-25(35-40-16)18-2-3-22(24(29)12-18)23-11-19-14-31-28(33-20-5-8-39-9-6-20)34-26(19)36(27(23)38)15-21(37)10-17-4-7-30-13-17/h2-3,11-12,14,17,20,30H,4-10,13,15H2,1H3,(H,31,33,34). The van der Waals surface area contributed by atoms with Crippen LogP contribution in [0.4, 0.5) is 5.95 Å². The molecule has 0 radical (unpaired) electrons. The molecular weight excluding hydrogens is 534 g/mol. The van der Waals surface area contributed by atoms with E-state index >= 15 is 0 Å². The predicted octanol–water partition coefficient (Wildman–Crippen LogP) is 3.63. The van der Waals surface area contributed by atoms with Crippen molar-refractivity contribution in [3.63, 3.8) is 0 Å². The Morgan fingerprint density at radius 3 is 2.75 bits per heavy atom. The number of ether oxygens (including phenoxy) is 1. The van der Waals surface area contributed by atoms with Crippen LogP contribution in [0, 0.1) is 12.8 Å². The molecular formula is C28H30ClN7O4. The molecule has 208 valence electrons. The van der Waals surface area contributed by atoms with Gasteiger partial charge in [-0.3, -0.25) is 14.2 Å². The number of aromatic nitrogens is 5. The smallest absolute Gasteiger partial charge is 0.260 e. The van der Waals surface area contributed by atoms with Crippen LogP contribution in [0.5, 0.6) is 0 Å². The minimum Gasteiger partial charge on any atom is -0.381 e. The number of rotatable bonds is 8. The van der Waals surface area contributed by atoms with Crippen molar-refractivity contribution in [1.29, 1.82) is 0 Å². The van der Waals surface area contributed by atoms with Crippen molar-refractivity contribution in [2.45, 2.75) is 45.2 Å². The molecule has 40 heavy (non-hydrogen) atoms. The fourth-order valence-electron chi connectivity index (χ4n) is 5.33. The molecule has 1 atom stereocenters. The highest BCUT2D eigenvalue weighted by molar-refractivity contribution is 6.33. The molecule has 5 heterocycles. The molecule has 12 heteroatoms. The summed E-state index contributed by atoms with van der Waals surface area (Å²) in [5.41, 5.74) is 1.62. The molecule has 3 aromatic heterocycles. The first-order chi connectivity index (χ1) is 19.4. The maximum atomic E-state index is 14.0. The highest BCUT2D eigenvalue weighted by Crippen LogP contribution is 2.31. The lowest BCUT2D eigenvalue weighted by molar-refractivity contribution is -0.120. The Balaban J connectivity index is 1.39. The zero-order valence-electron chi connectivity index (χ0n) is 22.2. The quantitative estimate of drug-likeness (QED) is 0.327. The Kier molecular flexibility index (Phi) is 7.59. The molecule has 4 aromatic rings. The number of Topliss-reactive ketones (excluding diaryl/α,β-unsaturated/α-hetero) is 1. The van der Waals surface area contributed by atoms with Crippen molar-refractivity contribution in [1.82, 2.24) is 30.0 Å². The van der Waals surface area contributed by atoms with E-state index in [1.54, 1.807) is 37.4 Å². The Morgan fingerprint density at radius 2 is 2.02 bits per heavy atom. The largest absolute Gasteiger partial charge is 0.381 e. The summed E-state index contributed by atoms with van der Waals surface area (Å²) in [6.45, 7) is 4.70. The number of ketones is 1. The van der Waals surface area contributed by atoms with E-state index in [0.717, 1.165) is 32.4 Å². The molecule has 11 nitrogen and oxygen atoms in total. The second kappa shape index (κ2) is 11.4. The Morgan fingerprint density at radius 1 is 1.18 bits per heavy atom. The maximum absolute atomic E-state index is 14.0. The molecule has 0 aliphatic carbocycles. The number of nitrogens with one attached hydrogen (secondary N) is 2. The number of pyridine rings is 1. The van der Waals surface area contributed by atoms with Gasteiger partial charge in [0.05, 0.1) is 6.54 Å². The van der Waals surface area contributed by atoms with E-state index in [-0.39, 0.29) is 29.8 Å². The molecule has 0 bridgehead atoms. The number of aryl methyl sites for hydroxylation is 1. The summed E-state index contributed by atoms with van der Waals surface area (Å²) in [5, 5.41) is 11.6. The van der Waals surface area contributed by atoms with Gasteiger partial charge in [0.1, 0.15) is 5.65 Å². The fraction of sp³-hybridized carbons (Fsp3) is 0.429. The first-order valence-corrected chi connectivity index (χ1v) is 13.9. The van der Waals surface area contributed by atoms with Crippen molar-refractivity contribution in [3.8, 4) is 22.5 Å². The minimum absolute atomic E-state index is 0.0132. The molecule has 2 aliphatic heterocycles. The normalized spacial score (nSPS) is 17.9. The molecule has 2 saturated heterocycles. The average Bonchev–Trinajstić information content (AvgIpc) is 3.63. The molecule has 2 fully saturated rings. The summed E-state index contributed by atoms with van der Waals surface area (Å²) in [5.74, 6) is 1.53. The first-order valence-electron chi connectivity index (χ1n) is 13.5. The van der Waals surface area contributed by atoms with Crippen molar-refractivity contribution in [2.75, 3.05) is 31.6 Å². The monoisotopic (exact) mass is 563 g/mol. The van der Waals surface area contributed by atoms with Crippen molar-refractivity contribution >= 4 is 34.4 Å². The van der Waals surface area contributed by atoms with Gasteiger partial charge in [-0.05, 0) is 50.4 Å². The van der Waals surface area contributed by atoms with Crippen LogP contribution in [0.15, 0.2) is 39.8 Å². The van der Waals surface area contributed by atoms with Gasteiger partial charge in [0.2, 0.25) is 17.7 Å². The van der Waals surface area contributed by atoms with Crippen LogP contribution in [-0.4, -0.2) is 62.8 Å². The number of hydrogen-bond donors (Lipinski definition) is 2. The molecule has 0 saturated carbocycles. The number of benzene rings is 1. The third-order valence-corrected chi connectivity index (χ3v) is 7.75. The summed E-state index contributed by atoms with van der Waals surface area (Å²) in [6.07, 6.45) is 4.73. The molecule has 6 rings (SSSR count). The molecule has 0 spiro atoms. The van der Waals surface area contributed by atoms with Gasteiger partial charge in [0.25, 0.3) is 5.56 Å². The lowest BCUT2D eigenvalue weighted by atomic mass is 10.0. The van der Waals surface area contributed by atoms with Gasteiger partial charge in [0.15, 0.2) is 5.78 Å². The maximum Gasteiger partial charge on any atom is 0.260 e. The number of carbonyl (C=O) groups is 1. The van der Waals surface area contributed by atoms with Crippen molar-refractivity contribution < 1.29 is 14.1 Å². The molecule has 1 aromatic carbocycles. The first kappa shape index (κ1) is 26.5. The number of hydrogen-bond acceptors (Lipinski definition) is 10. The van der Waals surface area contributed by atoms with E-state index in [1.165, 1.54) is 4.57 Å². The van der Waals surface area contributed by atoms with E-state index in [1.807, 2.05) is 0 Å². The summed E-state index contributed by atoms with van der Waals surface area (Å²) in [6, 6.07) is 7.16. The van der Waals surface area contributed by atoms with Crippen LogP contribution in [0.2, 0.25) is 5.02 Å². The van der Waals surface area contributed by atoms with Crippen LogP contribution in [0.3, 0.4) is 0 Å². The lowest BCUT2D eigenvalue weighted by Gasteiger charge is -2.23. The van der Waals surface area contributed by atoms with E-state index in [2.05, 4.69) is 25.8 Å². The summed E-state index contributed by atoms with van der Waals surface area (Å²) < 4.78 is 12.0. The fourth-order valence-corrected chi connectivity index (χ4v) is 5.62. The Hall–Kier alpha value is -3.67. The Labute approximate surface area is 235 Å².